The zero-order chi connectivity index (χ0) is 44.3. The largest absolute Gasteiger partial charge is 0.308 e. The highest BCUT2D eigenvalue weighted by Crippen LogP contribution is 2.46. The number of hydrogen-bond acceptors (Lipinski definition) is 3. The molecule has 5 nitrogen and oxygen atoms in total. The van der Waals surface area contributed by atoms with Crippen molar-refractivity contribution in [3.63, 3.8) is 0 Å². The van der Waals surface area contributed by atoms with Gasteiger partial charge in [0.1, 0.15) is 11.6 Å². The quantitative estimate of drug-likeness (QED) is 0.160. The molecule has 0 atom stereocenters. The standard InChI is InChI=1S/C59H35F2N5/c60-49-20-11-21-50(61)57(49)58-55(65-51-22-9-7-17-44(51)46-33-40(24-26-53(46)65)42-28-30-63-36-48(42)38-13-3-1-4-14-38)31-37(35-62)32-56(58)66-52-23-10-8-18-45(52)47-34-41(25-27-54(47)66)43-19-12-29-64-59(43)39-15-5-2-6-16-39/h1-34,36H. The Bertz CT molecular complexity index is 3680. The van der Waals surface area contributed by atoms with Gasteiger partial charge in [0.2, 0.25) is 0 Å². The summed E-state index contributed by atoms with van der Waals surface area (Å²) in [5.41, 5.74) is 12.5. The van der Waals surface area contributed by atoms with E-state index < -0.39 is 11.6 Å². The van der Waals surface area contributed by atoms with E-state index in [-0.39, 0.29) is 5.56 Å². The Balaban J connectivity index is 1.15. The van der Waals surface area contributed by atoms with Crippen LogP contribution in [0.5, 0.6) is 0 Å². The maximum Gasteiger partial charge on any atom is 0.134 e. The maximum atomic E-state index is 16.7. The third-order valence-corrected chi connectivity index (χ3v) is 12.6. The van der Waals surface area contributed by atoms with Crippen molar-refractivity contribution >= 4 is 43.6 Å². The van der Waals surface area contributed by atoms with Gasteiger partial charge in [0.05, 0.1) is 56.3 Å². The molecule has 0 radical (unpaired) electrons. The lowest BCUT2D eigenvalue weighted by molar-refractivity contribution is 0.589. The molecule has 0 aliphatic rings. The molecule has 0 saturated carbocycles. The number of aromatic nitrogens is 4. The zero-order valence-corrected chi connectivity index (χ0v) is 35.2. The molecule has 4 aromatic heterocycles. The summed E-state index contributed by atoms with van der Waals surface area (Å²) in [6, 6.07) is 64.9. The Kier molecular flexibility index (Phi) is 9.18. The van der Waals surface area contributed by atoms with Crippen molar-refractivity contribution in [1.82, 2.24) is 19.1 Å². The fraction of sp³-hybridized carbons (Fsp3) is 0. The van der Waals surface area contributed by atoms with E-state index in [4.69, 9.17) is 4.98 Å². The van der Waals surface area contributed by atoms with Crippen molar-refractivity contribution < 1.29 is 8.78 Å². The predicted octanol–water partition coefficient (Wildman–Crippen LogP) is 15.2. The smallest absolute Gasteiger partial charge is 0.134 e. The van der Waals surface area contributed by atoms with E-state index in [0.717, 1.165) is 88.2 Å². The SMILES string of the molecule is N#Cc1cc(-n2c3ccccc3c3cc(-c4ccncc4-c4ccccc4)ccc32)c(-c2c(F)cccc2F)c(-n2c3ccccc3c3cc(-c4cccnc4-c4ccccc4)ccc32)c1. The van der Waals surface area contributed by atoms with Gasteiger partial charge in [0.15, 0.2) is 0 Å². The van der Waals surface area contributed by atoms with Gasteiger partial charge in [-0.05, 0) is 95.1 Å². The number of nitriles is 1. The summed E-state index contributed by atoms with van der Waals surface area (Å²) < 4.78 is 37.5. The van der Waals surface area contributed by atoms with Crippen LogP contribution in [-0.2, 0) is 0 Å². The first-order chi connectivity index (χ1) is 32.6. The molecule has 0 amide bonds. The number of nitrogens with zero attached hydrogens (tertiary/aromatic N) is 5. The van der Waals surface area contributed by atoms with Gasteiger partial charge >= 0.3 is 0 Å². The molecular formula is C59H35F2N5. The van der Waals surface area contributed by atoms with Gasteiger partial charge in [-0.25, -0.2) is 8.78 Å². The molecule has 12 aromatic rings. The second-order valence-corrected chi connectivity index (χ2v) is 16.3. The number of rotatable bonds is 7. The van der Waals surface area contributed by atoms with Crippen molar-refractivity contribution in [2.75, 3.05) is 0 Å². The van der Waals surface area contributed by atoms with Crippen LogP contribution in [0.1, 0.15) is 5.56 Å². The third-order valence-electron chi connectivity index (χ3n) is 12.6. The zero-order valence-electron chi connectivity index (χ0n) is 35.2. The number of para-hydroxylation sites is 2. The normalized spacial score (nSPS) is 11.5. The molecule has 0 N–H and O–H groups in total. The van der Waals surface area contributed by atoms with Gasteiger partial charge in [-0.1, -0.05) is 121 Å². The summed E-state index contributed by atoms with van der Waals surface area (Å²) in [6.07, 6.45) is 5.49. The van der Waals surface area contributed by atoms with Crippen LogP contribution in [0.4, 0.5) is 8.78 Å². The van der Waals surface area contributed by atoms with E-state index in [0.29, 0.717) is 22.5 Å². The summed E-state index contributed by atoms with van der Waals surface area (Å²) in [5, 5.41) is 14.6. The Morgan fingerprint density at radius 1 is 0.409 bits per heavy atom. The van der Waals surface area contributed by atoms with Crippen molar-refractivity contribution in [2.24, 2.45) is 0 Å². The Morgan fingerprint density at radius 2 is 0.955 bits per heavy atom. The molecule has 0 aliphatic heterocycles. The average molecular weight is 852 g/mol. The van der Waals surface area contributed by atoms with Gasteiger partial charge in [-0.3, -0.25) is 9.97 Å². The van der Waals surface area contributed by atoms with Crippen LogP contribution in [-0.4, -0.2) is 19.1 Å². The van der Waals surface area contributed by atoms with Crippen LogP contribution in [0.15, 0.2) is 213 Å². The van der Waals surface area contributed by atoms with E-state index in [1.54, 1.807) is 24.5 Å². The summed E-state index contributed by atoms with van der Waals surface area (Å²) in [5.74, 6) is -1.44. The molecule has 66 heavy (non-hydrogen) atoms. The van der Waals surface area contributed by atoms with Crippen LogP contribution in [0.25, 0.3) is 111 Å². The third kappa shape index (κ3) is 6.19. The van der Waals surface area contributed by atoms with Gasteiger partial charge < -0.3 is 9.13 Å². The van der Waals surface area contributed by atoms with E-state index in [2.05, 4.69) is 89.9 Å². The first kappa shape index (κ1) is 38.7. The molecule has 0 unspecified atom stereocenters. The highest BCUT2D eigenvalue weighted by molar-refractivity contribution is 6.13. The number of halogens is 2. The lowest BCUT2D eigenvalue weighted by Gasteiger charge is -2.21. The molecule has 0 saturated heterocycles. The maximum absolute atomic E-state index is 16.7. The fourth-order valence-corrected chi connectivity index (χ4v) is 9.78. The molecular weight excluding hydrogens is 817 g/mol. The second kappa shape index (κ2) is 15.7. The van der Waals surface area contributed by atoms with Crippen molar-refractivity contribution in [3.8, 4) is 73.2 Å². The summed E-state index contributed by atoms with van der Waals surface area (Å²) in [6.45, 7) is 0. The Hall–Kier alpha value is -8.99. The molecule has 0 spiro atoms. The average Bonchev–Trinajstić information content (AvgIpc) is 3.89. The van der Waals surface area contributed by atoms with Crippen LogP contribution >= 0.6 is 0 Å². The summed E-state index contributed by atoms with van der Waals surface area (Å²) in [7, 11) is 0. The molecule has 0 aliphatic carbocycles. The Labute approximate surface area is 378 Å². The van der Waals surface area contributed by atoms with Gasteiger partial charge in [-0.2, -0.15) is 5.26 Å². The lowest BCUT2D eigenvalue weighted by Crippen LogP contribution is -2.07. The molecule has 0 bridgehead atoms. The number of benzene rings is 8. The minimum atomic E-state index is -0.718. The van der Waals surface area contributed by atoms with Crippen molar-refractivity contribution in [2.45, 2.75) is 0 Å². The second-order valence-electron chi connectivity index (χ2n) is 16.3. The Morgan fingerprint density at radius 3 is 1.56 bits per heavy atom. The fourth-order valence-electron chi connectivity index (χ4n) is 9.78. The minimum absolute atomic E-state index is 0.191. The molecule has 4 heterocycles. The number of pyridine rings is 2. The van der Waals surface area contributed by atoms with E-state index in [9.17, 15) is 5.26 Å². The molecule has 310 valence electrons. The monoisotopic (exact) mass is 851 g/mol. The van der Waals surface area contributed by atoms with E-state index in [1.165, 1.54) is 18.2 Å². The van der Waals surface area contributed by atoms with E-state index >= 15 is 8.78 Å². The van der Waals surface area contributed by atoms with Crippen molar-refractivity contribution in [1.29, 1.82) is 5.26 Å². The molecule has 12 rings (SSSR count). The number of fused-ring (bicyclic) bond motifs is 6. The van der Waals surface area contributed by atoms with Gasteiger partial charge in [0, 0.05) is 62.4 Å². The van der Waals surface area contributed by atoms with Gasteiger partial charge in [-0.15, -0.1) is 0 Å². The minimum Gasteiger partial charge on any atom is -0.308 e. The molecule has 8 aromatic carbocycles. The van der Waals surface area contributed by atoms with Crippen LogP contribution < -0.4 is 0 Å². The van der Waals surface area contributed by atoms with Gasteiger partial charge in [0.25, 0.3) is 0 Å². The number of hydrogen-bond donors (Lipinski definition) is 0. The highest BCUT2D eigenvalue weighted by atomic mass is 19.1. The van der Waals surface area contributed by atoms with Crippen molar-refractivity contribution in [3.05, 3.63) is 230 Å². The van der Waals surface area contributed by atoms with Crippen LogP contribution in [0, 0.1) is 23.0 Å². The summed E-state index contributed by atoms with van der Waals surface area (Å²) in [4.78, 5) is 9.28. The highest BCUT2D eigenvalue weighted by Gasteiger charge is 2.27. The molecule has 7 heteroatoms. The first-order valence-corrected chi connectivity index (χ1v) is 21.7. The van der Waals surface area contributed by atoms with Crippen LogP contribution in [0.2, 0.25) is 0 Å². The van der Waals surface area contributed by atoms with Crippen LogP contribution in [0.3, 0.4) is 0 Å². The van der Waals surface area contributed by atoms with E-state index in [1.807, 2.05) is 100 Å². The molecule has 0 fully saturated rings. The summed E-state index contributed by atoms with van der Waals surface area (Å²) >= 11 is 0. The first-order valence-electron chi connectivity index (χ1n) is 21.7. The topological polar surface area (TPSA) is 59.4 Å². The lowest BCUT2D eigenvalue weighted by atomic mass is 9.95. The predicted molar refractivity (Wildman–Crippen MR) is 263 cm³/mol.